The summed E-state index contributed by atoms with van der Waals surface area (Å²) in [4.78, 5) is 21.1. The van der Waals surface area contributed by atoms with E-state index in [0.717, 1.165) is 22.9 Å². The summed E-state index contributed by atoms with van der Waals surface area (Å²) in [6.07, 6.45) is 1.30. The monoisotopic (exact) mass is 520 g/mol. The number of sulfonamides is 1. The molecule has 0 unspecified atom stereocenters. The molecule has 36 heavy (non-hydrogen) atoms. The number of hydrogen-bond acceptors (Lipinski definition) is 6. The number of benzene rings is 3. The number of carbonyl (C=O) groups excluding carboxylic acids is 1. The van der Waals surface area contributed by atoms with Crippen molar-refractivity contribution in [1.29, 1.82) is 0 Å². The van der Waals surface area contributed by atoms with Crippen LogP contribution < -0.4 is 9.62 Å². The molecule has 5 rings (SSSR count). The van der Waals surface area contributed by atoms with Crippen molar-refractivity contribution in [3.63, 3.8) is 0 Å². The summed E-state index contributed by atoms with van der Waals surface area (Å²) in [5, 5.41) is 2.88. The van der Waals surface area contributed by atoms with Crippen molar-refractivity contribution in [3.8, 4) is 11.3 Å². The van der Waals surface area contributed by atoms with Gasteiger partial charge in [0.2, 0.25) is 5.91 Å². The number of hydrogen-bond donors (Lipinski definition) is 1. The maximum Gasteiger partial charge on any atom is 0.268 e. The van der Waals surface area contributed by atoms with Gasteiger partial charge in [-0.3, -0.25) is 9.10 Å². The molecule has 1 N–H and O–H groups in total. The largest absolute Gasteiger partial charge is 0.325 e. The van der Waals surface area contributed by atoms with E-state index in [2.05, 4.69) is 15.3 Å². The van der Waals surface area contributed by atoms with Crippen molar-refractivity contribution in [1.82, 2.24) is 9.97 Å². The van der Waals surface area contributed by atoms with E-state index in [0.29, 0.717) is 22.6 Å². The molecular weight excluding hydrogens is 499 g/mol. The molecule has 1 aromatic heterocycles. The number of aromatic nitrogens is 2. The SMILES string of the molecule is Cc1cccc(CN2c3ccccc3-c3nc(SCC(=O)Nc4cccc(F)c4)ncc3S2(=O)=O)c1. The van der Waals surface area contributed by atoms with Crippen LogP contribution in [0.4, 0.5) is 15.8 Å². The molecule has 0 aliphatic carbocycles. The molecule has 1 amide bonds. The number of halogens is 1. The Morgan fingerprint density at radius 2 is 1.86 bits per heavy atom. The van der Waals surface area contributed by atoms with Gasteiger partial charge in [0.15, 0.2) is 5.16 Å². The van der Waals surface area contributed by atoms with Crippen molar-refractivity contribution in [3.05, 3.63) is 95.9 Å². The molecule has 10 heteroatoms. The number of nitrogens with zero attached hydrogens (tertiary/aromatic N) is 3. The van der Waals surface area contributed by atoms with Crippen LogP contribution in [0.25, 0.3) is 11.3 Å². The van der Waals surface area contributed by atoms with Gasteiger partial charge in [0.05, 0.1) is 29.9 Å². The molecule has 1 aliphatic heterocycles. The summed E-state index contributed by atoms with van der Waals surface area (Å²) in [5.41, 5.74) is 3.76. The topological polar surface area (TPSA) is 92.3 Å². The quantitative estimate of drug-likeness (QED) is 0.283. The third kappa shape index (κ3) is 4.82. The van der Waals surface area contributed by atoms with Crippen LogP contribution in [0.2, 0.25) is 0 Å². The highest BCUT2D eigenvalue weighted by molar-refractivity contribution is 7.99. The zero-order chi connectivity index (χ0) is 25.3. The number of amides is 1. The number of para-hydroxylation sites is 1. The Morgan fingerprint density at radius 1 is 1.06 bits per heavy atom. The van der Waals surface area contributed by atoms with Gasteiger partial charge in [-0.25, -0.2) is 22.8 Å². The van der Waals surface area contributed by atoms with Crippen LogP contribution in [-0.4, -0.2) is 30.0 Å². The summed E-state index contributed by atoms with van der Waals surface area (Å²) in [5.74, 6) is -0.831. The second-order valence-electron chi connectivity index (χ2n) is 8.23. The number of rotatable bonds is 6. The van der Waals surface area contributed by atoms with Crippen LogP contribution in [0, 0.1) is 12.7 Å². The van der Waals surface area contributed by atoms with Gasteiger partial charge in [0, 0.05) is 11.3 Å². The first kappa shape index (κ1) is 24.0. The van der Waals surface area contributed by atoms with Crippen molar-refractivity contribution >= 4 is 39.1 Å². The van der Waals surface area contributed by atoms with E-state index in [1.54, 1.807) is 18.2 Å². The molecular formula is C26H21FN4O3S2. The van der Waals surface area contributed by atoms with Gasteiger partial charge in [-0.2, -0.15) is 0 Å². The van der Waals surface area contributed by atoms with Gasteiger partial charge in [-0.15, -0.1) is 0 Å². The molecule has 7 nitrogen and oxygen atoms in total. The summed E-state index contributed by atoms with van der Waals surface area (Å²) < 4.78 is 41.9. The predicted octanol–water partition coefficient (Wildman–Crippen LogP) is 5.03. The normalized spacial score (nSPS) is 13.6. The minimum Gasteiger partial charge on any atom is -0.325 e. The lowest BCUT2D eigenvalue weighted by Crippen LogP contribution is -2.34. The molecule has 0 saturated carbocycles. The summed E-state index contributed by atoms with van der Waals surface area (Å²) >= 11 is 1.07. The van der Waals surface area contributed by atoms with E-state index in [-0.39, 0.29) is 28.3 Å². The summed E-state index contributed by atoms with van der Waals surface area (Å²) in [6, 6.07) is 20.5. The Bertz CT molecular complexity index is 1580. The van der Waals surface area contributed by atoms with Crippen LogP contribution in [0.3, 0.4) is 0 Å². The number of nitrogens with one attached hydrogen (secondary N) is 1. The van der Waals surface area contributed by atoms with Gasteiger partial charge in [-0.1, -0.05) is 65.9 Å². The molecule has 1 aliphatic rings. The van der Waals surface area contributed by atoms with Crippen LogP contribution in [-0.2, 0) is 21.4 Å². The third-order valence-electron chi connectivity index (χ3n) is 5.58. The summed E-state index contributed by atoms with van der Waals surface area (Å²) in [6.45, 7) is 2.14. The highest BCUT2D eigenvalue weighted by Gasteiger charge is 2.36. The van der Waals surface area contributed by atoms with E-state index < -0.39 is 15.8 Å². The molecule has 0 saturated heterocycles. The Morgan fingerprint density at radius 3 is 2.67 bits per heavy atom. The molecule has 4 aromatic rings. The van der Waals surface area contributed by atoms with Crippen LogP contribution in [0.5, 0.6) is 0 Å². The Balaban J connectivity index is 1.41. The van der Waals surface area contributed by atoms with E-state index in [9.17, 15) is 17.6 Å². The van der Waals surface area contributed by atoms with Crippen LogP contribution >= 0.6 is 11.8 Å². The average Bonchev–Trinajstić information content (AvgIpc) is 2.85. The van der Waals surface area contributed by atoms with Gasteiger partial charge in [0.1, 0.15) is 10.7 Å². The maximum absolute atomic E-state index is 13.6. The zero-order valence-corrected chi connectivity index (χ0v) is 20.8. The third-order valence-corrected chi connectivity index (χ3v) is 8.20. The average molecular weight is 521 g/mol. The number of thioether (sulfide) groups is 1. The number of fused-ring (bicyclic) bond motifs is 3. The van der Waals surface area contributed by atoms with Crippen LogP contribution in [0.15, 0.2) is 89.0 Å². The van der Waals surface area contributed by atoms with Gasteiger partial charge >= 0.3 is 0 Å². The first-order valence-electron chi connectivity index (χ1n) is 11.0. The van der Waals surface area contributed by atoms with Gasteiger partial charge < -0.3 is 5.32 Å². The smallest absolute Gasteiger partial charge is 0.268 e. The van der Waals surface area contributed by atoms with E-state index >= 15 is 0 Å². The number of carbonyl (C=O) groups is 1. The fraction of sp³-hybridized carbons (Fsp3) is 0.115. The molecule has 182 valence electrons. The molecule has 0 radical (unpaired) electrons. The Hall–Kier alpha value is -3.76. The van der Waals surface area contributed by atoms with Crippen LogP contribution in [0.1, 0.15) is 11.1 Å². The van der Waals surface area contributed by atoms with E-state index in [1.165, 1.54) is 28.7 Å². The predicted molar refractivity (Wildman–Crippen MR) is 138 cm³/mol. The first-order valence-corrected chi connectivity index (χ1v) is 13.5. The maximum atomic E-state index is 13.6. The minimum atomic E-state index is -3.92. The number of aryl methyl sites for hydroxylation is 1. The molecule has 0 atom stereocenters. The lowest BCUT2D eigenvalue weighted by molar-refractivity contribution is -0.113. The lowest BCUT2D eigenvalue weighted by atomic mass is 10.1. The fourth-order valence-corrected chi connectivity index (χ4v) is 6.16. The standard InChI is InChI=1S/C26H21FN4O3S2/c1-17-6-4-7-18(12-17)15-31-22-11-3-2-10-21(22)25-23(36(31,33)34)14-28-26(30-25)35-16-24(32)29-20-9-5-8-19(27)13-20/h2-14H,15-16H2,1H3,(H,29,32). The van der Waals surface area contributed by atoms with Crippen molar-refractivity contribution in [2.24, 2.45) is 0 Å². The van der Waals surface area contributed by atoms with Gasteiger partial charge in [0.25, 0.3) is 10.0 Å². The van der Waals surface area contributed by atoms with Crippen molar-refractivity contribution in [2.75, 3.05) is 15.4 Å². The van der Waals surface area contributed by atoms with Crippen molar-refractivity contribution < 1.29 is 17.6 Å². The minimum absolute atomic E-state index is 0.0161. The molecule has 0 fully saturated rings. The highest BCUT2D eigenvalue weighted by atomic mass is 32.2. The molecule has 2 heterocycles. The Kier molecular flexibility index (Phi) is 6.46. The molecule has 0 bridgehead atoms. The molecule has 3 aromatic carbocycles. The zero-order valence-electron chi connectivity index (χ0n) is 19.2. The molecule has 0 spiro atoms. The Labute approximate surface area is 212 Å². The fourth-order valence-electron chi connectivity index (χ4n) is 3.99. The van der Waals surface area contributed by atoms with E-state index in [1.807, 2.05) is 43.3 Å². The summed E-state index contributed by atoms with van der Waals surface area (Å²) in [7, 11) is -3.92. The second-order valence-corrected chi connectivity index (χ2v) is 11.0. The van der Waals surface area contributed by atoms with Crippen molar-refractivity contribution in [2.45, 2.75) is 23.5 Å². The van der Waals surface area contributed by atoms with E-state index in [4.69, 9.17) is 0 Å². The first-order chi connectivity index (χ1) is 17.3. The lowest BCUT2D eigenvalue weighted by Gasteiger charge is -2.31. The number of anilines is 2. The second kappa shape index (κ2) is 9.71. The highest BCUT2D eigenvalue weighted by Crippen LogP contribution is 2.42. The van der Waals surface area contributed by atoms with Gasteiger partial charge in [-0.05, 0) is 36.8 Å².